The normalized spacial score (nSPS) is 14.7. The highest BCUT2D eigenvalue weighted by molar-refractivity contribution is 7.07. The van der Waals surface area contributed by atoms with Gasteiger partial charge >= 0.3 is 11.9 Å². The third-order valence-corrected chi connectivity index (χ3v) is 7.34. The summed E-state index contributed by atoms with van der Waals surface area (Å²) in [5.41, 5.74) is 1.78. The Balaban J connectivity index is 1.58. The van der Waals surface area contributed by atoms with Gasteiger partial charge in [-0.15, -0.1) is 0 Å². The maximum Gasteiger partial charge on any atom is 0.379 e. The van der Waals surface area contributed by atoms with Gasteiger partial charge in [0.1, 0.15) is 5.75 Å². The molecule has 3 heterocycles. The zero-order chi connectivity index (χ0) is 29.1. The molecular formula is C30H26N2O8S. The van der Waals surface area contributed by atoms with Gasteiger partial charge in [0.15, 0.2) is 16.3 Å². The number of esters is 2. The van der Waals surface area contributed by atoms with E-state index < -0.39 is 18.0 Å². The van der Waals surface area contributed by atoms with E-state index in [0.29, 0.717) is 43.2 Å². The second-order valence-electron chi connectivity index (χ2n) is 8.85. The predicted molar refractivity (Wildman–Crippen MR) is 150 cm³/mol. The molecule has 10 nitrogen and oxygen atoms in total. The largest absolute Gasteiger partial charge is 0.497 e. The van der Waals surface area contributed by atoms with Crippen LogP contribution in [0.2, 0.25) is 0 Å². The zero-order valence-electron chi connectivity index (χ0n) is 22.7. The van der Waals surface area contributed by atoms with Gasteiger partial charge in [-0.05, 0) is 67.4 Å². The summed E-state index contributed by atoms with van der Waals surface area (Å²) in [6, 6.07) is 14.4. The first-order valence-corrected chi connectivity index (χ1v) is 13.4. The van der Waals surface area contributed by atoms with Gasteiger partial charge in [-0.1, -0.05) is 29.5 Å². The number of methoxy groups -OCH3 is 2. The number of fused-ring (bicyclic) bond motifs is 1. The van der Waals surface area contributed by atoms with Crippen molar-refractivity contribution in [1.29, 1.82) is 0 Å². The Labute approximate surface area is 238 Å². The molecule has 0 radical (unpaired) electrons. The number of hydrogen-bond acceptors (Lipinski definition) is 10. The molecule has 0 N–H and O–H groups in total. The van der Waals surface area contributed by atoms with Crippen molar-refractivity contribution in [3.05, 3.63) is 109 Å². The molecule has 0 aliphatic carbocycles. The lowest BCUT2D eigenvalue weighted by Crippen LogP contribution is -2.39. The summed E-state index contributed by atoms with van der Waals surface area (Å²) in [6.07, 6.45) is 3.07. The molecule has 5 rings (SSSR count). The van der Waals surface area contributed by atoms with Crippen LogP contribution in [0.15, 0.2) is 86.3 Å². The van der Waals surface area contributed by atoms with Crippen LogP contribution < -0.4 is 29.1 Å². The average Bonchev–Trinajstić information content (AvgIpc) is 3.62. The van der Waals surface area contributed by atoms with Crippen molar-refractivity contribution >= 4 is 29.4 Å². The molecule has 2 aromatic heterocycles. The third-order valence-electron chi connectivity index (χ3n) is 6.36. The van der Waals surface area contributed by atoms with E-state index in [1.165, 1.54) is 35.3 Å². The molecule has 0 amide bonds. The lowest BCUT2D eigenvalue weighted by Gasteiger charge is -2.24. The van der Waals surface area contributed by atoms with Crippen LogP contribution in [0.4, 0.5) is 0 Å². The zero-order valence-corrected chi connectivity index (χ0v) is 23.5. The Kier molecular flexibility index (Phi) is 7.88. The summed E-state index contributed by atoms with van der Waals surface area (Å²) in [4.78, 5) is 44.2. The molecule has 0 bridgehead atoms. The smallest absolute Gasteiger partial charge is 0.379 e. The van der Waals surface area contributed by atoms with E-state index in [0.717, 1.165) is 0 Å². The Morgan fingerprint density at radius 1 is 1.05 bits per heavy atom. The minimum absolute atomic E-state index is 0.0566. The molecule has 210 valence electrons. The van der Waals surface area contributed by atoms with Gasteiger partial charge in [-0.2, -0.15) is 0 Å². The van der Waals surface area contributed by atoms with E-state index >= 15 is 0 Å². The van der Waals surface area contributed by atoms with Crippen molar-refractivity contribution in [2.75, 3.05) is 20.8 Å². The van der Waals surface area contributed by atoms with E-state index in [1.807, 2.05) is 12.1 Å². The second-order valence-corrected chi connectivity index (χ2v) is 9.86. The van der Waals surface area contributed by atoms with Crippen LogP contribution in [0.25, 0.3) is 6.08 Å². The molecule has 1 aliphatic heterocycles. The van der Waals surface area contributed by atoms with E-state index in [1.54, 1.807) is 63.4 Å². The number of thiazole rings is 1. The highest BCUT2D eigenvalue weighted by atomic mass is 32.1. The number of carbonyl (C=O) groups is 2. The summed E-state index contributed by atoms with van der Waals surface area (Å²) < 4.78 is 28.5. The van der Waals surface area contributed by atoms with Crippen molar-refractivity contribution in [3.8, 4) is 17.2 Å². The van der Waals surface area contributed by atoms with Crippen molar-refractivity contribution in [3.63, 3.8) is 0 Å². The number of hydrogen-bond donors (Lipinski definition) is 0. The van der Waals surface area contributed by atoms with Gasteiger partial charge in [0.25, 0.3) is 5.56 Å². The Bertz CT molecular complexity index is 1820. The number of aromatic nitrogens is 1. The molecule has 2 aromatic carbocycles. The first-order valence-electron chi connectivity index (χ1n) is 12.6. The van der Waals surface area contributed by atoms with Crippen LogP contribution in [-0.4, -0.2) is 37.3 Å². The van der Waals surface area contributed by atoms with Crippen molar-refractivity contribution in [1.82, 2.24) is 4.57 Å². The van der Waals surface area contributed by atoms with Crippen LogP contribution in [0, 0.1) is 0 Å². The van der Waals surface area contributed by atoms with Gasteiger partial charge in [-0.25, -0.2) is 14.6 Å². The Hall–Kier alpha value is -4.90. The van der Waals surface area contributed by atoms with Crippen molar-refractivity contribution in [2.24, 2.45) is 4.99 Å². The maximum atomic E-state index is 13.8. The molecule has 1 atom stereocenters. The van der Waals surface area contributed by atoms with Gasteiger partial charge < -0.3 is 23.4 Å². The summed E-state index contributed by atoms with van der Waals surface area (Å²) >= 11 is 1.20. The molecule has 1 aliphatic rings. The van der Waals surface area contributed by atoms with Gasteiger partial charge in [0.2, 0.25) is 5.76 Å². The molecule has 0 fully saturated rings. The van der Waals surface area contributed by atoms with Crippen LogP contribution in [0.3, 0.4) is 0 Å². The fourth-order valence-electron chi connectivity index (χ4n) is 4.45. The fraction of sp³-hybridized carbons (Fsp3) is 0.200. The summed E-state index contributed by atoms with van der Waals surface area (Å²) in [5.74, 6) is -0.00783. The van der Waals surface area contributed by atoms with Crippen LogP contribution in [0.1, 0.15) is 41.6 Å². The van der Waals surface area contributed by atoms with Gasteiger partial charge in [0, 0.05) is 0 Å². The fourth-order valence-corrected chi connectivity index (χ4v) is 5.49. The van der Waals surface area contributed by atoms with E-state index in [4.69, 9.17) is 23.4 Å². The quantitative estimate of drug-likeness (QED) is 0.231. The number of furan rings is 1. The molecule has 0 spiro atoms. The first kappa shape index (κ1) is 27.7. The third kappa shape index (κ3) is 5.44. The number of allylic oxidation sites excluding steroid dienone is 1. The highest BCUT2D eigenvalue weighted by Crippen LogP contribution is 2.32. The number of rotatable bonds is 8. The summed E-state index contributed by atoms with van der Waals surface area (Å²) in [7, 11) is 3.02. The molecule has 0 unspecified atom stereocenters. The number of carbonyl (C=O) groups excluding carboxylic acids is 2. The lowest BCUT2D eigenvalue weighted by atomic mass is 9.96. The SMILES string of the molecule is CCOC(=O)C1=C(C)N=c2sc(=Cc3ccc(OC(=O)c4ccco4)c(OC)c3)c(=O)n2[C@H]1c1ccc(OC)cc1. The van der Waals surface area contributed by atoms with Gasteiger partial charge in [0.05, 0.1) is 48.9 Å². The minimum Gasteiger partial charge on any atom is -0.497 e. The van der Waals surface area contributed by atoms with Crippen molar-refractivity contribution < 1.29 is 33.0 Å². The van der Waals surface area contributed by atoms with E-state index in [9.17, 15) is 14.4 Å². The van der Waals surface area contributed by atoms with E-state index in [2.05, 4.69) is 4.99 Å². The predicted octanol–water partition coefficient (Wildman–Crippen LogP) is 3.63. The molecule has 0 saturated carbocycles. The molecule has 4 aromatic rings. The van der Waals surface area contributed by atoms with Crippen LogP contribution in [-0.2, 0) is 9.53 Å². The first-order chi connectivity index (χ1) is 19.8. The molecular weight excluding hydrogens is 548 g/mol. The number of ether oxygens (including phenoxy) is 4. The number of nitrogens with zero attached hydrogens (tertiary/aromatic N) is 2. The van der Waals surface area contributed by atoms with Crippen molar-refractivity contribution in [2.45, 2.75) is 19.9 Å². The lowest BCUT2D eigenvalue weighted by molar-refractivity contribution is -0.139. The number of benzene rings is 2. The highest BCUT2D eigenvalue weighted by Gasteiger charge is 2.33. The second kappa shape index (κ2) is 11.7. The molecule has 11 heteroatoms. The van der Waals surface area contributed by atoms with Crippen LogP contribution >= 0.6 is 11.3 Å². The Morgan fingerprint density at radius 3 is 2.49 bits per heavy atom. The standard InChI is InChI=1S/C30H26N2O8S/c1-5-38-29(35)25-17(2)31-30-32(26(25)19-9-11-20(36-3)12-10-19)27(33)24(41-30)16-18-8-13-21(23(15-18)37-4)40-28(34)22-7-6-14-39-22/h6-16,26H,5H2,1-4H3/t26-/m0/s1. The molecule has 41 heavy (non-hydrogen) atoms. The maximum absolute atomic E-state index is 13.8. The minimum atomic E-state index is -0.740. The average molecular weight is 575 g/mol. The van der Waals surface area contributed by atoms with Gasteiger partial charge in [-0.3, -0.25) is 9.36 Å². The molecule has 0 saturated heterocycles. The topological polar surface area (TPSA) is 119 Å². The van der Waals surface area contributed by atoms with Crippen LogP contribution in [0.5, 0.6) is 17.2 Å². The monoisotopic (exact) mass is 574 g/mol. The van der Waals surface area contributed by atoms with E-state index in [-0.39, 0.29) is 23.7 Å². The Morgan fingerprint density at radius 2 is 1.83 bits per heavy atom. The summed E-state index contributed by atoms with van der Waals surface area (Å²) in [5, 5.41) is 0. The summed E-state index contributed by atoms with van der Waals surface area (Å²) in [6.45, 7) is 3.64.